The minimum atomic E-state index is -5.08. The van der Waals surface area contributed by atoms with Gasteiger partial charge in [-0.25, -0.2) is 13.2 Å². The Balaban J connectivity index is 0.000000351. The largest absolute Gasteiger partial charge is 0.490 e. The van der Waals surface area contributed by atoms with E-state index in [9.17, 15) is 21.6 Å². The monoisotopic (exact) mass is 371 g/mol. The minimum absolute atomic E-state index is 0.242. The zero-order chi connectivity index (χ0) is 18.4. The molecule has 0 aliphatic carbocycles. The summed E-state index contributed by atoms with van der Waals surface area (Å²) in [6.07, 6.45) is -4.00. The lowest BCUT2D eigenvalue weighted by Crippen LogP contribution is -2.43. The first-order valence-electron chi connectivity index (χ1n) is 6.56. The van der Waals surface area contributed by atoms with E-state index in [1.807, 2.05) is 0 Å². The number of alkyl halides is 3. The molecule has 2 heterocycles. The van der Waals surface area contributed by atoms with E-state index in [1.54, 1.807) is 12.1 Å². The maximum absolute atomic E-state index is 11.0. The fourth-order valence-corrected chi connectivity index (χ4v) is 2.12. The van der Waals surface area contributed by atoms with E-state index in [-0.39, 0.29) is 5.82 Å². The van der Waals surface area contributed by atoms with Crippen molar-refractivity contribution in [3.8, 4) is 0 Å². The van der Waals surface area contributed by atoms with Crippen LogP contribution >= 0.6 is 0 Å². The standard InChI is InChI=1S/C9H15N5O2S.C2HF3O2/c1-17(15,16)13-8-2-3-9(12-11-8)14-6-4-10-5-7-14;3-2(4,5)1(6)7/h2-3,10H,4-7H2,1H3,(H,11,13);(H,6,7). The molecule has 1 aromatic rings. The first kappa shape index (κ1) is 19.9. The Morgan fingerprint density at radius 3 is 2.21 bits per heavy atom. The number of nitrogens with one attached hydrogen (secondary N) is 2. The SMILES string of the molecule is CS(=O)(=O)Nc1ccc(N2CCNCC2)nn1.O=C(O)C(F)(F)F. The molecule has 3 N–H and O–H groups in total. The van der Waals surface area contributed by atoms with Gasteiger partial charge in [0.15, 0.2) is 11.6 Å². The topological polar surface area (TPSA) is 125 Å². The number of sulfonamides is 1. The average Bonchev–Trinajstić information content (AvgIpc) is 2.47. The number of anilines is 2. The van der Waals surface area contributed by atoms with Crippen molar-refractivity contribution in [1.29, 1.82) is 0 Å². The number of rotatable bonds is 3. The van der Waals surface area contributed by atoms with Gasteiger partial charge in [-0.3, -0.25) is 4.72 Å². The van der Waals surface area contributed by atoms with Crippen molar-refractivity contribution in [3.05, 3.63) is 12.1 Å². The fraction of sp³-hybridized carbons (Fsp3) is 0.545. The van der Waals surface area contributed by atoms with E-state index in [2.05, 4.69) is 25.1 Å². The third-order valence-corrected chi connectivity index (χ3v) is 3.20. The van der Waals surface area contributed by atoms with Crippen molar-refractivity contribution in [2.45, 2.75) is 6.18 Å². The lowest BCUT2D eigenvalue weighted by Gasteiger charge is -2.27. The molecule has 1 aromatic heterocycles. The van der Waals surface area contributed by atoms with Gasteiger partial charge in [-0.2, -0.15) is 13.2 Å². The van der Waals surface area contributed by atoms with Crippen molar-refractivity contribution in [2.75, 3.05) is 42.1 Å². The summed E-state index contributed by atoms with van der Waals surface area (Å²) in [5, 5.41) is 18.2. The molecule has 0 amide bonds. The van der Waals surface area contributed by atoms with E-state index >= 15 is 0 Å². The van der Waals surface area contributed by atoms with Crippen LogP contribution in [0.5, 0.6) is 0 Å². The van der Waals surface area contributed by atoms with Crippen molar-refractivity contribution in [3.63, 3.8) is 0 Å². The number of nitrogens with zero attached hydrogens (tertiary/aromatic N) is 3. The van der Waals surface area contributed by atoms with Crippen LogP contribution in [0.3, 0.4) is 0 Å². The first-order valence-corrected chi connectivity index (χ1v) is 8.45. The number of piperazine rings is 1. The number of carbonyl (C=O) groups is 1. The molecule has 2 rings (SSSR count). The maximum Gasteiger partial charge on any atom is 0.490 e. The third kappa shape index (κ3) is 7.41. The van der Waals surface area contributed by atoms with Crippen molar-refractivity contribution >= 4 is 27.6 Å². The zero-order valence-corrected chi connectivity index (χ0v) is 13.4. The Labute approximate surface area is 135 Å². The highest BCUT2D eigenvalue weighted by Gasteiger charge is 2.38. The molecule has 1 saturated heterocycles. The van der Waals surface area contributed by atoms with Crippen LogP contribution in [0.4, 0.5) is 24.8 Å². The Morgan fingerprint density at radius 2 is 1.83 bits per heavy atom. The molecule has 136 valence electrons. The van der Waals surface area contributed by atoms with Gasteiger partial charge in [-0.05, 0) is 12.1 Å². The molecule has 0 radical (unpaired) electrons. The number of hydrogen-bond donors (Lipinski definition) is 3. The van der Waals surface area contributed by atoms with E-state index in [0.717, 1.165) is 38.3 Å². The van der Waals surface area contributed by atoms with Crippen LogP contribution in [0, 0.1) is 0 Å². The molecular formula is C11H16F3N5O4S. The molecule has 1 fully saturated rings. The predicted octanol–water partition coefficient (Wildman–Crippen LogP) is -0.109. The van der Waals surface area contributed by atoms with Crippen molar-refractivity contribution < 1.29 is 31.5 Å². The number of halogens is 3. The Bertz CT molecular complexity index is 645. The molecule has 24 heavy (non-hydrogen) atoms. The molecule has 13 heteroatoms. The van der Waals surface area contributed by atoms with E-state index in [4.69, 9.17) is 9.90 Å². The summed E-state index contributed by atoms with van der Waals surface area (Å²) in [4.78, 5) is 11.0. The fourth-order valence-electron chi connectivity index (χ4n) is 1.63. The van der Waals surface area contributed by atoms with Gasteiger partial charge in [0.25, 0.3) is 0 Å². The van der Waals surface area contributed by atoms with Gasteiger partial charge in [-0.1, -0.05) is 0 Å². The lowest BCUT2D eigenvalue weighted by atomic mass is 10.3. The molecule has 0 unspecified atom stereocenters. The molecule has 1 aliphatic heterocycles. The van der Waals surface area contributed by atoms with Crippen LogP contribution in [0.15, 0.2) is 12.1 Å². The summed E-state index contributed by atoms with van der Waals surface area (Å²) < 4.78 is 56.0. The average molecular weight is 371 g/mol. The summed E-state index contributed by atoms with van der Waals surface area (Å²) in [6.45, 7) is 3.61. The zero-order valence-electron chi connectivity index (χ0n) is 12.5. The third-order valence-electron chi connectivity index (χ3n) is 2.62. The van der Waals surface area contributed by atoms with Crippen LogP contribution in [0.2, 0.25) is 0 Å². The van der Waals surface area contributed by atoms with Gasteiger partial charge in [0.2, 0.25) is 10.0 Å². The predicted molar refractivity (Wildman–Crippen MR) is 79.3 cm³/mol. The van der Waals surface area contributed by atoms with E-state index < -0.39 is 22.2 Å². The van der Waals surface area contributed by atoms with Crippen molar-refractivity contribution in [1.82, 2.24) is 15.5 Å². The second kappa shape index (κ2) is 8.10. The molecule has 0 spiro atoms. The molecule has 1 aliphatic rings. The molecule has 0 bridgehead atoms. The minimum Gasteiger partial charge on any atom is -0.475 e. The molecule has 0 saturated carbocycles. The highest BCUT2D eigenvalue weighted by molar-refractivity contribution is 7.92. The molecule has 9 nitrogen and oxygen atoms in total. The van der Waals surface area contributed by atoms with Gasteiger partial charge in [0, 0.05) is 26.2 Å². The summed E-state index contributed by atoms with van der Waals surface area (Å²) in [6, 6.07) is 3.39. The quantitative estimate of drug-likeness (QED) is 0.672. The molecule has 0 aromatic carbocycles. The summed E-state index contributed by atoms with van der Waals surface area (Å²) in [7, 11) is -3.29. The van der Waals surface area contributed by atoms with Crippen LogP contribution in [-0.4, -0.2) is 68.3 Å². The first-order chi connectivity index (χ1) is 11.0. The Morgan fingerprint density at radius 1 is 1.29 bits per heavy atom. The van der Waals surface area contributed by atoms with Gasteiger partial charge in [0.05, 0.1) is 6.26 Å². The molecular weight excluding hydrogens is 355 g/mol. The van der Waals surface area contributed by atoms with Gasteiger partial charge in [0.1, 0.15) is 0 Å². The second-order valence-electron chi connectivity index (χ2n) is 4.69. The normalized spacial score (nSPS) is 15.2. The smallest absolute Gasteiger partial charge is 0.475 e. The van der Waals surface area contributed by atoms with Crippen LogP contribution in [-0.2, 0) is 14.8 Å². The summed E-state index contributed by atoms with van der Waals surface area (Å²) >= 11 is 0. The number of carboxylic acids is 1. The number of aliphatic carboxylic acids is 1. The lowest BCUT2D eigenvalue weighted by molar-refractivity contribution is -0.192. The van der Waals surface area contributed by atoms with Gasteiger partial charge >= 0.3 is 12.1 Å². The van der Waals surface area contributed by atoms with E-state index in [0.29, 0.717) is 0 Å². The highest BCUT2D eigenvalue weighted by Crippen LogP contribution is 2.13. The maximum atomic E-state index is 11.0. The van der Waals surface area contributed by atoms with Gasteiger partial charge in [-0.15, -0.1) is 10.2 Å². The van der Waals surface area contributed by atoms with E-state index in [1.165, 1.54) is 0 Å². The summed E-state index contributed by atoms with van der Waals surface area (Å²) in [5.41, 5.74) is 0. The number of aromatic nitrogens is 2. The number of carboxylic acid groups (broad SMARTS) is 1. The summed E-state index contributed by atoms with van der Waals surface area (Å²) in [5.74, 6) is -1.75. The second-order valence-corrected chi connectivity index (χ2v) is 6.44. The highest BCUT2D eigenvalue weighted by atomic mass is 32.2. The van der Waals surface area contributed by atoms with Crippen molar-refractivity contribution in [2.24, 2.45) is 0 Å². The van der Waals surface area contributed by atoms with Crippen LogP contribution in [0.1, 0.15) is 0 Å². The molecule has 0 atom stereocenters. The van der Waals surface area contributed by atoms with Crippen LogP contribution < -0.4 is 14.9 Å². The number of hydrogen-bond acceptors (Lipinski definition) is 7. The Hall–Kier alpha value is -2.15. The van der Waals surface area contributed by atoms with Gasteiger partial charge < -0.3 is 15.3 Å². The Kier molecular flexibility index (Phi) is 6.71. The van der Waals surface area contributed by atoms with Crippen LogP contribution in [0.25, 0.3) is 0 Å².